The van der Waals surface area contributed by atoms with E-state index in [0.717, 1.165) is 37.1 Å². The highest BCUT2D eigenvalue weighted by atomic mass is 16.3. The first-order valence-corrected chi connectivity index (χ1v) is 7.61. The fourth-order valence-corrected chi connectivity index (χ4v) is 2.95. The van der Waals surface area contributed by atoms with E-state index in [0.29, 0.717) is 18.3 Å². The molecule has 1 amide bonds. The molecule has 5 heteroatoms. The number of amides is 1. The van der Waals surface area contributed by atoms with Gasteiger partial charge >= 0.3 is 0 Å². The number of nitrogen functional groups attached to an aromatic ring is 1. The molecule has 1 atom stereocenters. The number of anilines is 2. The number of nitrogens with two attached hydrogens (primary N) is 1. The summed E-state index contributed by atoms with van der Waals surface area (Å²) >= 11 is 0. The second-order valence-corrected chi connectivity index (χ2v) is 5.75. The molecule has 1 aromatic carbocycles. The van der Waals surface area contributed by atoms with Crippen molar-refractivity contribution in [3.8, 4) is 0 Å². The zero-order valence-electron chi connectivity index (χ0n) is 12.6. The summed E-state index contributed by atoms with van der Waals surface area (Å²) in [6.07, 6.45) is 4.11. The fraction of sp³-hybridized carbons (Fsp3) is 0.562. The number of carbonyl (C=O) groups excluding carboxylic acids is 1. The maximum Gasteiger partial charge on any atom is 0.238 e. The highest BCUT2D eigenvalue weighted by Crippen LogP contribution is 2.20. The summed E-state index contributed by atoms with van der Waals surface area (Å²) in [4.78, 5) is 14.4. The van der Waals surface area contributed by atoms with Gasteiger partial charge in [0, 0.05) is 24.0 Å². The lowest BCUT2D eigenvalue weighted by Crippen LogP contribution is -2.44. The molecule has 0 aromatic heterocycles. The maximum absolute atomic E-state index is 12.2. The molecule has 0 radical (unpaired) electrons. The van der Waals surface area contributed by atoms with Crippen molar-refractivity contribution in [1.29, 1.82) is 0 Å². The van der Waals surface area contributed by atoms with Gasteiger partial charge in [0.15, 0.2) is 0 Å². The smallest absolute Gasteiger partial charge is 0.238 e. The van der Waals surface area contributed by atoms with Gasteiger partial charge in [0.25, 0.3) is 0 Å². The van der Waals surface area contributed by atoms with Crippen molar-refractivity contribution in [2.45, 2.75) is 38.6 Å². The van der Waals surface area contributed by atoms with Gasteiger partial charge in [-0.3, -0.25) is 9.69 Å². The highest BCUT2D eigenvalue weighted by Gasteiger charge is 2.23. The van der Waals surface area contributed by atoms with Gasteiger partial charge < -0.3 is 16.2 Å². The zero-order valence-corrected chi connectivity index (χ0v) is 12.6. The van der Waals surface area contributed by atoms with E-state index in [1.807, 2.05) is 19.1 Å². The maximum atomic E-state index is 12.2. The largest absolute Gasteiger partial charge is 0.399 e. The van der Waals surface area contributed by atoms with E-state index in [2.05, 4.69) is 10.2 Å². The number of likely N-dealkylation sites (tertiary alicyclic amines) is 1. The van der Waals surface area contributed by atoms with Crippen molar-refractivity contribution in [3.05, 3.63) is 23.8 Å². The number of nitrogens with one attached hydrogen (secondary N) is 1. The number of rotatable bonds is 5. The van der Waals surface area contributed by atoms with Crippen LogP contribution in [0.3, 0.4) is 0 Å². The van der Waals surface area contributed by atoms with E-state index in [1.165, 1.54) is 6.42 Å². The quantitative estimate of drug-likeness (QED) is 0.722. The standard InChI is InChI=1S/C16H25N3O2/c1-12-10-13(17)5-6-15(12)18-16(21)11-19-8-3-2-4-14(19)7-9-20/h5-6,10,14,20H,2-4,7-9,11,17H2,1H3,(H,18,21). The van der Waals surface area contributed by atoms with Crippen LogP contribution < -0.4 is 11.1 Å². The molecule has 0 spiro atoms. The minimum absolute atomic E-state index is 0.00675. The predicted octanol–water partition coefficient (Wildman–Crippen LogP) is 1.75. The zero-order chi connectivity index (χ0) is 15.2. The summed E-state index contributed by atoms with van der Waals surface area (Å²) in [7, 11) is 0. The van der Waals surface area contributed by atoms with Crippen molar-refractivity contribution in [2.75, 3.05) is 30.7 Å². The van der Waals surface area contributed by atoms with E-state index in [4.69, 9.17) is 10.8 Å². The highest BCUT2D eigenvalue weighted by molar-refractivity contribution is 5.93. The molecule has 1 unspecified atom stereocenters. The summed E-state index contributed by atoms with van der Waals surface area (Å²) < 4.78 is 0. The van der Waals surface area contributed by atoms with Crippen LogP contribution in [0.15, 0.2) is 18.2 Å². The number of aryl methyl sites for hydroxylation is 1. The predicted molar refractivity (Wildman–Crippen MR) is 85.1 cm³/mol. The van der Waals surface area contributed by atoms with Crippen LogP contribution in [-0.4, -0.2) is 41.7 Å². The Morgan fingerprint density at radius 3 is 3.00 bits per heavy atom. The molecule has 0 bridgehead atoms. The third-order valence-corrected chi connectivity index (χ3v) is 4.08. The Balaban J connectivity index is 1.93. The summed E-state index contributed by atoms with van der Waals surface area (Å²) in [5, 5.41) is 12.1. The number of benzene rings is 1. The average molecular weight is 291 g/mol. The molecule has 1 aromatic rings. The van der Waals surface area contributed by atoms with Crippen LogP contribution in [0.2, 0.25) is 0 Å². The molecular weight excluding hydrogens is 266 g/mol. The second kappa shape index (κ2) is 7.43. The first-order valence-electron chi connectivity index (χ1n) is 7.61. The Hall–Kier alpha value is -1.59. The third kappa shape index (κ3) is 4.44. The van der Waals surface area contributed by atoms with Gasteiger partial charge in [-0.15, -0.1) is 0 Å². The molecule has 2 rings (SSSR count). The first-order chi connectivity index (χ1) is 10.1. The van der Waals surface area contributed by atoms with Crippen molar-refractivity contribution in [3.63, 3.8) is 0 Å². The van der Waals surface area contributed by atoms with Gasteiger partial charge in [-0.2, -0.15) is 0 Å². The van der Waals surface area contributed by atoms with Crippen LogP contribution in [0.4, 0.5) is 11.4 Å². The molecule has 116 valence electrons. The molecule has 1 heterocycles. The number of aliphatic hydroxyl groups is 1. The van der Waals surface area contributed by atoms with Gasteiger partial charge in [-0.1, -0.05) is 6.42 Å². The average Bonchev–Trinajstić information content (AvgIpc) is 2.44. The normalized spacial score (nSPS) is 19.4. The summed E-state index contributed by atoms with van der Waals surface area (Å²) in [6.45, 7) is 3.43. The van der Waals surface area contributed by atoms with Crippen LogP contribution >= 0.6 is 0 Å². The van der Waals surface area contributed by atoms with Crippen LogP contribution in [0.25, 0.3) is 0 Å². The molecule has 1 aliphatic rings. The van der Waals surface area contributed by atoms with Gasteiger partial charge in [0.05, 0.1) is 6.54 Å². The molecule has 0 saturated carbocycles. The number of hydrogen-bond donors (Lipinski definition) is 3. The lowest BCUT2D eigenvalue weighted by atomic mass is 9.99. The minimum atomic E-state index is -0.00675. The lowest BCUT2D eigenvalue weighted by Gasteiger charge is -2.34. The van der Waals surface area contributed by atoms with Crippen LogP contribution in [0.1, 0.15) is 31.2 Å². The molecule has 1 saturated heterocycles. The van der Waals surface area contributed by atoms with E-state index in [-0.39, 0.29) is 12.5 Å². The number of nitrogens with zero attached hydrogens (tertiary/aromatic N) is 1. The molecule has 1 aliphatic heterocycles. The Morgan fingerprint density at radius 2 is 2.29 bits per heavy atom. The van der Waals surface area contributed by atoms with Gasteiger partial charge in [-0.05, 0) is 56.5 Å². The number of hydrogen-bond acceptors (Lipinski definition) is 4. The molecule has 4 N–H and O–H groups in total. The molecule has 21 heavy (non-hydrogen) atoms. The summed E-state index contributed by atoms with van der Waals surface area (Å²) in [5.41, 5.74) is 8.19. The monoisotopic (exact) mass is 291 g/mol. The van der Waals surface area contributed by atoms with Gasteiger partial charge in [0.2, 0.25) is 5.91 Å². The lowest BCUT2D eigenvalue weighted by molar-refractivity contribution is -0.118. The van der Waals surface area contributed by atoms with Crippen LogP contribution in [-0.2, 0) is 4.79 Å². The van der Waals surface area contributed by atoms with Gasteiger partial charge in [-0.25, -0.2) is 0 Å². The first kappa shape index (κ1) is 15.8. The van der Waals surface area contributed by atoms with Crippen molar-refractivity contribution in [1.82, 2.24) is 4.90 Å². The topological polar surface area (TPSA) is 78.6 Å². The van der Waals surface area contributed by atoms with Crippen molar-refractivity contribution < 1.29 is 9.90 Å². The Labute approximate surface area is 126 Å². The van der Waals surface area contributed by atoms with E-state index < -0.39 is 0 Å². The minimum Gasteiger partial charge on any atom is -0.399 e. The number of carbonyl (C=O) groups is 1. The molecule has 1 fully saturated rings. The summed E-state index contributed by atoms with van der Waals surface area (Å²) in [6, 6.07) is 5.80. The number of piperidine rings is 1. The van der Waals surface area contributed by atoms with Crippen molar-refractivity contribution >= 4 is 17.3 Å². The molecular formula is C16H25N3O2. The third-order valence-electron chi connectivity index (χ3n) is 4.08. The van der Waals surface area contributed by atoms with E-state index >= 15 is 0 Å². The second-order valence-electron chi connectivity index (χ2n) is 5.75. The Morgan fingerprint density at radius 1 is 1.48 bits per heavy atom. The number of aliphatic hydroxyl groups excluding tert-OH is 1. The van der Waals surface area contributed by atoms with Crippen LogP contribution in [0, 0.1) is 6.92 Å². The fourth-order valence-electron chi connectivity index (χ4n) is 2.95. The van der Waals surface area contributed by atoms with Crippen LogP contribution in [0.5, 0.6) is 0 Å². The van der Waals surface area contributed by atoms with Gasteiger partial charge in [0.1, 0.15) is 0 Å². The Kier molecular flexibility index (Phi) is 5.59. The Bertz CT molecular complexity index is 488. The van der Waals surface area contributed by atoms with Crippen molar-refractivity contribution in [2.24, 2.45) is 0 Å². The van der Waals surface area contributed by atoms with E-state index in [9.17, 15) is 4.79 Å². The molecule has 0 aliphatic carbocycles. The molecule has 5 nitrogen and oxygen atoms in total. The summed E-state index contributed by atoms with van der Waals surface area (Å²) in [5.74, 6) is -0.00675. The SMILES string of the molecule is Cc1cc(N)ccc1NC(=O)CN1CCCCC1CCO. The van der Waals surface area contributed by atoms with E-state index in [1.54, 1.807) is 6.07 Å².